The summed E-state index contributed by atoms with van der Waals surface area (Å²) in [4.78, 5) is 36.4. The number of hydroxylamine groups is 1. The van der Waals surface area contributed by atoms with Gasteiger partial charge in [0.1, 0.15) is 6.10 Å². The Kier molecular flexibility index (Phi) is 14.3. The molecule has 0 aromatic rings. The van der Waals surface area contributed by atoms with E-state index in [1.165, 1.54) is 18.9 Å². The van der Waals surface area contributed by atoms with Crippen LogP contribution in [0.2, 0.25) is 0 Å². The van der Waals surface area contributed by atoms with Crippen LogP contribution < -0.4 is 16.1 Å². The lowest BCUT2D eigenvalue weighted by atomic mass is 9.81. The third-order valence-electron chi connectivity index (χ3n) is 5.50. The van der Waals surface area contributed by atoms with Gasteiger partial charge in [-0.2, -0.15) is 0 Å². The van der Waals surface area contributed by atoms with Gasteiger partial charge >= 0.3 is 0 Å². The number of aliphatic hydroxyl groups is 2. The van der Waals surface area contributed by atoms with E-state index in [4.69, 9.17) is 5.21 Å². The van der Waals surface area contributed by atoms with Gasteiger partial charge in [-0.25, -0.2) is 5.48 Å². The molecule has 0 saturated carbocycles. The van der Waals surface area contributed by atoms with Gasteiger partial charge in [0.2, 0.25) is 11.8 Å². The summed E-state index contributed by atoms with van der Waals surface area (Å²) in [6.07, 6.45) is 4.31. The predicted octanol–water partition coefficient (Wildman–Crippen LogP) is 1.64. The number of hydrogen-bond acceptors (Lipinski definition) is 6. The van der Waals surface area contributed by atoms with Crippen molar-refractivity contribution in [3.63, 3.8) is 0 Å². The van der Waals surface area contributed by atoms with Gasteiger partial charge in [-0.15, -0.1) is 0 Å². The fourth-order valence-electron chi connectivity index (χ4n) is 3.56. The summed E-state index contributed by atoms with van der Waals surface area (Å²) in [6.45, 7) is 7.58. The number of aliphatic hydroxyl groups excluding tert-OH is 2. The Hall–Kier alpha value is -1.71. The average Bonchev–Trinajstić information content (AvgIpc) is 2.71. The van der Waals surface area contributed by atoms with E-state index in [1.807, 2.05) is 20.8 Å². The molecule has 6 N–H and O–H groups in total. The molecular weight excluding hydrogens is 402 g/mol. The minimum Gasteiger partial charge on any atom is -0.390 e. The Balaban J connectivity index is 5.19. The molecular formula is C22H43N3O6. The molecule has 4 atom stereocenters. The summed E-state index contributed by atoms with van der Waals surface area (Å²) in [5, 5.41) is 34.9. The van der Waals surface area contributed by atoms with E-state index >= 15 is 0 Å². The van der Waals surface area contributed by atoms with Crippen molar-refractivity contribution in [3.05, 3.63) is 0 Å². The van der Waals surface area contributed by atoms with Gasteiger partial charge in [-0.1, -0.05) is 72.6 Å². The Bertz CT molecular complexity index is 550. The van der Waals surface area contributed by atoms with Crippen LogP contribution in [0.5, 0.6) is 0 Å². The average molecular weight is 446 g/mol. The highest BCUT2D eigenvalue weighted by molar-refractivity contribution is 5.88. The Morgan fingerprint density at radius 3 is 1.94 bits per heavy atom. The smallest absolute Gasteiger partial charge is 0.272 e. The molecule has 0 aliphatic carbocycles. The largest absolute Gasteiger partial charge is 0.390 e. The topological polar surface area (TPSA) is 148 Å². The van der Waals surface area contributed by atoms with E-state index in [-0.39, 0.29) is 18.7 Å². The van der Waals surface area contributed by atoms with Gasteiger partial charge in [-0.05, 0) is 11.8 Å². The highest BCUT2D eigenvalue weighted by Gasteiger charge is 2.38. The maximum atomic E-state index is 13.0. The summed E-state index contributed by atoms with van der Waals surface area (Å²) < 4.78 is 0. The van der Waals surface area contributed by atoms with Crippen LogP contribution in [0.3, 0.4) is 0 Å². The van der Waals surface area contributed by atoms with Crippen LogP contribution in [0.4, 0.5) is 0 Å². The summed E-state index contributed by atoms with van der Waals surface area (Å²) in [7, 11) is 1.46. The molecule has 9 nitrogen and oxygen atoms in total. The first-order chi connectivity index (χ1) is 14.5. The van der Waals surface area contributed by atoms with Gasteiger partial charge in [0, 0.05) is 7.05 Å². The number of carbonyl (C=O) groups excluding carboxylic acids is 3. The first-order valence-electron chi connectivity index (χ1n) is 11.3. The minimum atomic E-state index is -1.72. The number of rotatable bonds is 15. The van der Waals surface area contributed by atoms with Gasteiger partial charge in [0.25, 0.3) is 5.91 Å². The molecule has 0 spiro atoms. The zero-order valence-corrected chi connectivity index (χ0v) is 19.7. The van der Waals surface area contributed by atoms with E-state index in [9.17, 15) is 24.6 Å². The lowest BCUT2D eigenvalue weighted by molar-refractivity contribution is -0.147. The summed E-state index contributed by atoms with van der Waals surface area (Å²) >= 11 is 0. The third-order valence-corrected chi connectivity index (χ3v) is 5.50. The van der Waals surface area contributed by atoms with Crippen LogP contribution >= 0.6 is 0 Å². The molecule has 0 rings (SSSR count). The summed E-state index contributed by atoms with van der Waals surface area (Å²) in [5.41, 5.74) is 0.807. The number of nitrogens with one attached hydrogen (secondary N) is 3. The maximum Gasteiger partial charge on any atom is 0.272 e. The lowest BCUT2D eigenvalue weighted by Crippen LogP contribution is -2.55. The second-order valence-corrected chi connectivity index (χ2v) is 9.23. The number of unbranched alkanes of at least 4 members (excludes halogenated alkanes) is 6. The van der Waals surface area contributed by atoms with Crippen molar-refractivity contribution in [2.24, 2.45) is 11.3 Å². The maximum absolute atomic E-state index is 13.0. The monoisotopic (exact) mass is 445 g/mol. The van der Waals surface area contributed by atoms with Crippen molar-refractivity contribution in [2.75, 3.05) is 7.05 Å². The number of carbonyl (C=O) groups is 3. The quantitative estimate of drug-likeness (QED) is 0.128. The molecule has 0 heterocycles. The van der Waals surface area contributed by atoms with Gasteiger partial charge < -0.3 is 20.8 Å². The normalized spacial score (nSPS) is 15.5. The van der Waals surface area contributed by atoms with Crippen LogP contribution in [0, 0.1) is 11.3 Å². The Labute approximate surface area is 186 Å². The molecule has 182 valence electrons. The Morgan fingerprint density at radius 1 is 0.903 bits per heavy atom. The molecule has 0 aliphatic heterocycles. The molecule has 0 aromatic carbocycles. The van der Waals surface area contributed by atoms with Crippen molar-refractivity contribution >= 4 is 17.7 Å². The van der Waals surface area contributed by atoms with Crippen LogP contribution in [-0.4, -0.2) is 58.4 Å². The van der Waals surface area contributed by atoms with Crippen LogP contribution in [0.25, 0.3) is 0 Å². The zero-order valence-electron chi connectivity index (χ0n) is 19.7. The summed E-state index contributed by atoms with van der Waals surface area (Å²) in [6, 6.07) is -0.779. The molecule has 3 amide bonds. The highest BCUT2D eigenvalue weighted by Crippen LogP contribution is 2.25. The first-order valence-corrected chi connectivity index (χ1v) is 11.3. The van der Waals surface area contributed by atoms with Crippen LogP contribution in [-0.2, 0) is 14.4 Å². The first kappa shape index (κ1) is 29.3. The molecule has 31 heavy (non-hydrogen) atoms. The lowest BCUT2D eigenvalue weighted by Gasteiger charge is -2.36. The molecule has 0 bridgehead atoms. The van der Waals surface area contributed by atoms with Gasteiger partial charge in [-0.3, -0.25) is 19.6 Å². The molecule has 0 radical (unpaired) electrons. The van der Waals surface area contributed by atoms with E-state index in [0.717, 1.165) is 32.1 Å². The van der Waals surface area contributed by atoms with E-state index < -0.39 is 41.4 Å². The molecule has 0 saturated heterocycles. The molecule has 0 aromatic heterocycles. The fourth-order valence-corrected chi connectivity index (χ4v) is 3.56. The SMILES string of the molecule is CCCCCCCCC[C@@H](C(=O)N[C@H]([C@H](O)CC(=O)NC)C(C)(C)C)[C@H](O)C(=O)NO. The van der Waals surface area contributed by atoms with Crippen LogP contribution in [0.1, 0.15) is 85.5 Å². The van der Waals surface area contributed by atoms with Gasteiger partial charge in [0.05, 0.1) is 24.5 Å². The van der Waals surface area contributed by atoms with E-state index in [2.05, 4.69) is 17.6 Å². The van der Waals surface area contributed by atoms with Gasteiger partial charge in [0.15, 0.2) is 0 Å². The molecule has 0 unspecified atom stereocenters. The van der Waals surface area contributed by atoms with E-state index in [1.54, 1.807) is 0 Å². The second-order valence-electron chi connectivity index (χ2n) is 9.23. The molecule has 9 heteroatoms. The number of amides is 3. The van der Waals surface area contributed by atoms with E-state index in [0.29, 0.717) is 6.42 Å². The number of hydrogen-bond donors (Lipinski definition) is 6. The van der Waals surface area contributed by atoms with Crippen molar-refractivity contribution < 1.29 is 29.8 Å². The van der Waals surface area contributed by atoms with Crippen molar-refractivity contribution in [1.82, 2.24) is 16.1 Å². The van der Waals surface area contributed by atoms with Crippen molar-refractivity contribution in [3.8, 4) is 0 Å². The standard InChI is InChI=1S/C22H43N3O6/c1-6-7-8-9-10-11-12-13-15(18(28)21(30)25-31)20(29)24-19(22(2,3)4)16(26)14-17(27)23-5/h15-16,18-19,26,28,31H,6-14H2,1-5H3,(H,23,27)(H,24,29)(H,25,30)/t15-,16-,18+,19-/m1/s1. The van der Waals surface area contributed by atoms with Crippen molar-refractivity contribution in [2.45, 2.75) is 104 Å². The summed E-state index contributed by atoms with van der Waals surface area (Å²) in [5.74, 6) is -3.10. The minimum absolute atomic E-state index is 0.194. The zero-order chi connectivity index (χ0) is 24.0. The second kappa shape index (κ2) is 15.2. The fraction of sp³-hybridized carbons (Fsp3) is 0.864. The molecule has 0 fully saturated rings. The Morgan fingerprint density at radius 2 is 1.45 bits per heavy atom. The highest BCUT2D eigenvalue weighted by atomic mass is 16.5. The molecule has 0 aliphatic rings. The predicted molar refractivity (Wildman–Crippen MR) is 118 cm³/mol. The van der Waals surface area contributed by atoms with Crippen LogP contribution in [0.15, 0.2) is 0 Å². The van der Waals surface area contributed by atoms with Crippen molar-refractivity contribution in [1.29, 1.82) is 0 Å². The third kappa shape index (κ3) is 11.5.